The van der Waals surface area contributed by atoms with Gasteiger partial charge in [0.15, 0.2) is 11.4 Å². The molecule has 3 aromatic carbocycles. The second-order valence-corrected chi connectivity index (χ2v) is 13.1. The average molecular weight is 543 g/mol. The highest BCUT2D eigenvalue weighted by Crippen LogP contribution is 2.53. The van der Waals surface area contributed by atoms with E-state index in [1.807, 2.05) is 24.3 Å². The second kappa shape index (κ2) is 9.50. The predicted molar refractivity (Wildman–Crippen MR) is 152 cm³/mol. The van der Waals surface area contributed by atoms with Gasteiger partial charge in [-0.05, 0) is 67.7 Å². The van der Waals surface area contributed by atoms with E-state index < -0.39 is 19.5 Å². The third-order valence-corrected chi connectivity index (χ3v) is 10.6. The first kappa shape index (κ1) is 25.6. The molecule has 0 aliphatic heterocycles. The minimum Gasteiger partial charge on any atom is -0.502 e. The van der Waals surface area contributed by atoms with E-state index in [2.05, 4.69) is 12.1 Å². The molecule has 1 heterocycles. The smallest absolute Gasteiger partial charge is 0.403 e. The standard InChI is InChI=1S/C32H31NO5S/c1-33(26-12-6-3-7-13-26,39(36,37)27-14-8-11-25(21-27)24-15-16-24)30-28(34)22-29(38-31(30)35)32(19-20-32)18-17-23-9-4-2-5-10-23/h2-14,21-22,24H,15-20H2,1H3/p+1. The summed E-state index contributed by atoms with van der Waals surface area (Å²) in [4.78, 5) is 13.8. The van der Waals surface area contributed by atoms with Gasteiger partial charge >= 0.3 is 15.6 Å². The topological polar surface area (TPSA) is 84.6 Å². The van der Waals surface area contributed by atoms with Crippen LogP contribution in [0.1, 0.15) is 54.9 Å². The van der Waals surface area contributed by atoms with E-state index in [9.17, 15) is 18.3 Å². The van der Waals surface area contributed by atoms with E-state index in [1.165, 1.54) is 18.7 Å². The van der Waals surface area contributed by atoms with Crippen molar-refractivity contribution < 1.29 is 17.9 Å². The van der Waals surface area contributed by atoms with Crippen molar-refractivity contribution in [2.45, 2.75) is 54.8 Å². The van der Waals surface area contributed by atoms with Crippen molar-refractivity contribution in [1.29, 1.82) is 0 Å². The number of aromatic hydroxyl groups is 1. The van der Waals surface area contributed by atoms with Crippen LogP contribution in [0.2, 0.25) is 0 Å². The van der Waals surface area contributed by atoms with Gasteiger partial charge in [-0.15, -0.1) is 3.89 Å². The first-order chi connectivity index (χ1) is 18.7. The fourth-order valence-electron chi connectivity index (χ4n) is 5.58. The van der Waals surface area contributed by atoms with E-state index in [0.29, 0.717) is 17.4 Å². The fraction of sp³-hybridized carbons (Fsp3) is 0.281. The Labute approximate surface area is 228 Å². The summed E-state index contributed by atoms with van der Waals surface area (Å²) < 4.78 is 33.7. The summed E-state index contributed by atoms with van der Waals surface area (Å²) in [6, 6.07) is 27.0. The highest BCUT2D eigenvalue weighted by Gasteiger charge is 2.51. The molecular formula is C32H32NO5S+. The maximum absolute atomic E-state index is 14.4. The molecule has 200 valence electrons. The normalized spacial score (nSPS) is 17.9. The maximum Gasteiger partial charge on any atom is 0.403 e. The molecule has 1 atom stereocenters. The number of hydrogen-bond donors (Lipinski definition) is 1. The summed E-state index contributed by atoms with van der Waals surface area (Å²) in [5.74, 6) is 0.400. The van der Waals surface area contributed by atoms with Gasteiger partial charge in [-0.25, -0.2) is 4.79 Å². The van der Waals surface area contributed by atoms with Crippen LogP contribution >= 0.6 is 0 Å². The Bertz CT molecular complexity index is 1670. The SMILES string of the molecule is C[N+](c1ccccc1)(c1c(O)cc(C2(CCc3ccccc3)CC2)oc1=O)S(=O)(=O)c1cccc(C2CC2)c1. The van der Waals surface area contributed by atoms with Crippen LogP contribution in [0, 0.1) is 0 Å². The van der Waals surface area contributed by atoms with Crippen LogP contribution in [0.4, 0.5) is 11.4 Å². The number of hydrogen-bond acceptors (Lipinski definition) is 5. The Kier molecular flexibility index (Phi) is 6.24. The third kappa shape index (κ3) is 4.49. The van der Waals surface area contributed by atoms with Crippen LogP contribution in [0.25, 0.3) is 0 Å². The van der Waals surface area contributed by atoms with Crippen molar-refractivity contribution in [3.63, 3.8) is 0 Å². The summed E-state index contributed by atoms with van der Waals surface area (Å²) in [5.41, 5.74) is 0.995. The monoisotopic (exact) mass is 542 g/mol. The summed E-state index contributed by atoms with van der Waals surface area (Å²) in [6.45, 7) is 0. The molecule has 2 fully saturated rings. The molecule has 0 radical (unpaired) electrons. The van der Waals surface area contributed by atoms with Crippen molar-refractivity contribution in [3.05, 3.63) is 118 Å². The minimum atomic E-state index is -4.24. The van der Waals surface area contributed by atoms with Crippen molar-refractivity contribution >= 4 is 21.4 Å². The van der Waals surface area contributed by atoms with Gasteiger partial charge in [-0.3, -0.25) is 0 Å². The van der Waals surface area contributed by atoms with Gasteiger partial charge in [-0.2, -0.15) is 8.42 Å². The molecule has 0 saturated heterocycles. The minimum absolute atomic E-state index is 0.0997. The molecule has 1 N–H and O–H groups in total. The van der Waals surface area contributed by atoms with Crippen molar-refractivity contribution in [2.75, 3.05) is 7.05 Å². The van der Waals surface area contributed by atoms with Crippen LogP contribution in [0.15, 0.2) is 105 Å². The average Bonchev–Trinajstić information content (AvgIpc) is 3.88. The van der Waals surface area contributed by atoms with Crippen LogP contribution in [0.5, 0.6) is 5.75 Å². The van der Waals surface area contributed by atoms with Gasteiger partial charge in [0.1, 0.15) is 10.7 Å². The largest absolute Gasteiger partial charge is 0.502 e. The number of sulfonamides is 1. The molecule has 7 heteroatoms. The zero-order chi connectivity index (χ0) is 27.3. The number of rotatable bonds is 9. The molecule has 6 rings (SSSR count). The lowest BCUT2D eigenvalue weighted by Gasteiger charge is -2.31. The molecule has 6 nitrogen and oxygen atoms in total. The molecule has 39 heavy (non-hydrogen) atoms. The molecule has 1 unspecified atom stereocenters. The summed E-state index contributed by atoms with van der Waals surface area (Å²) in [5, 5.41) is 11.4. The molecule has 2 aliphatic rings. The quantitative estimate of drug-likeness (QED) is 0.243. The van der Waals surface area contributed by atoms with E-state index >= 15 is 0 Å². The number of quaternary nitrogens is 1. The predicted octanol–water partition coefficient (Wildman–Crippen LogP) is 6.54. The molecule has 4 aromatic rings. The van der Waals surface area contributed by atoms with E-state index in [-0.39, 0.29) is 21.7 Å². The first-order valence-electron chi connectivity index (χ1n) is 13.4. The molecule has 1 aromatic heterocycles. The lowest BCUT2D eigenvalue weighted by Crippen LogP contribution is -2.48. The Morgan fingerprint density at radius 2 is 1.59 bits per heavy atom. The summed E-state index contributed by atoms with van der Waals surface area (Å²) in [6.07, 6.45) is 5.35. The van der Waals surface area contributed by atoms with Crippen molar-refractivity contribution in [3.8, 4) is 5.75 Å². The van der Waals surface area contributed by atoms with E-state index in [0.717, 1.165) is 44.1 Å². The van der Waals surface area contributed by atoms with Gasteiger partial charge in [-0.1, -0.05) is 60.7 Å². The van der Waals surface area contributed by atoms with Gasteiger partial charge < -0.3 is 9.52 Å². The van der Waals surface area contributed by atoms with Crippen LogP contribution in [0.3, 0.4) is 0 Å². The lowest BCUT2D eigenvalue weighted by atomic mass is 9.93. The Morgan fingerprint density at radius 1 is 0.923 bits per heavy atom. The Morgan fingerprint density at radius 3 is 2.21 bits per heavy atom. The molecule has 0 spiro atoms. The highest BCUT2D eigenvalue weighted by atomic mass is 32.2. The second-order valence-electron chi connectivity index (χ2n) is 11.0. The van der Waals surface area contributed by atoms with Crippen molar-refractivity contribution in [1.82, 2.24) is 3.89 Å². The molecule has 2 saturated carbocycles. The molecule has 2 aliphatic carbocycles. The van der Waals surface area contributed by atoms with E-state index in [4.69, 9.17) is 4.42 Å². The maximum atomic E-state index is 14.4. The fourth-order valence-corrected chi connectivity index (χ4v) is 7.35. The van der Waals surface area contributed by atoms with Crippen LogP contribution in [-0.2, 0) is 21.9 Å². The lowest BCUT2D eigenvalue weighted by molar-refractivity contribution is 0.372. The first-order valence-corrected chi connectivity index (χ1v) is 14.9. The highest BCUT2D eigenvalue weighted by molar-refractivity contribution is 7.91. The zero-order valence-corrected chi connectivity index (χ0v) is 22.7. The summed E-state index contributed by atoms with van der Waals surface area (Å²) >= 11 is 0. The van der Waals surface area contributed by atoms with E-state index in [1.54, 1.807) is 48.5 Å². The molecule has 0 amide bonds. The van der Waals surface area contributed by atoms with Gasteiger partial charge in [0.25, 0.3) is 5.69 Å². The Balaban J connectivity index is 1.44. The molecule has 0 bridgehead atoms. The summed E-state index contributed by atoms with van der Waals surface area (Å²) in [7, 11) is -2.81. The number of para-hydroxylation sites is 1. The number of benzene rings is 3. The van der Waals surface area contributed by atoms with Crippen LogP contribution < -0.4 is 9.51 Å². The number of aryl methyl sites for hydroxylation is 1. The van der Waals surface area contributed by atoms with Gasteiger partial charge in [0.05, 0.1) is 7.05 Å². The third-order valence-electron chi connectivity index (χ3n) is 8.38. The van der Waals surface area contributed by atoms with Gasteiger partial charge in [0.2, 0.25) is 0 Å². The molecular weight excluding hydrogens is 510 g/mol. The van der Waals surface area contributed by atoms with Crippen molar-refractivity contribution in [2.24, 2.45) is 0 Å². The van der Waals surface area contributed by atoms with Crippen LogP contribution in [-0.4, -0.2) is 20.6 Å². The Hall–Kier alpha value is -3.68. The van der Waals surface area contributed by atoms with Gasteiger partial charge in [0, 0.05) is 23.6 Å². The number of nitrogens with zero attached hydrogens (tertiary/aromatic N) is 1. The zero-order valence-electron chi connectivity index (χ0n) is 21.9.